The van der Waals surface area contributed by atoms with Crippen molar-refractivity contribution < 1.29 is 9.47 Å². The first-order valence-electron chi connectivity index (χ1n) is 7.22. The Morgan fingerprint density at radius 1 is 1.26 bits per heavy atom. The molecule has 1 N–H and O–H groups in total. The van der Waals surface area contributed by atoms with Gasteiger partial charge in [-0.25, -0.2) is 0 Å². The van der Waals surface area contributed by atoms with E-state index in [2.05, 4.69) is 32.2 Å². The van der Waals surface area contributed by atoms with E-state index in [1.807, 2.05) is 12.1 Å². The third-order valence-corrected chi connectivity index (χ3v) is 3.23. The predicted molar refractivity (Wildman–Crippen MR) is 79.9 cm³/mol. The van der Waals surface area contributed by atoms with Gasteiger partial charge < -0.3 is 14.8 Å². The maximum atomic E-state index is 5.98. The molecule has 0 aliphatic carbocycles. The molecule has 0 fully saturated rings. The zero-order valence-electron chi connectivity index (χ0n) is 12.7. The second-order valence-corrected chi connectivity index (χ2v) is 4.95. The van der Waals surface area contributed by atoms with Crippen LogP contribution in [0.25, 0.3) is 0 Å². The maximum Gasteiger partial charge on any atom is 0.165 e. The Hall–Kier alpha value is -1.22. The quantitative estimate of drug-likeness (QED) is 0.692. The molecule has 108 valence electrons. The van der Waals surface area contributed by atoms with Crippen LogP contribution in [0.2, 0.25) is 0 Å². The average Bonchev–Trinajstić information content (AvgIpc) is 2.45. The molecule has 1 aromatic carbocycles. The molecule has 0 aliphatic heterocycles. The summed E-state index contributed by atoms with van der Waals surface area (Å²) in [4.78, 5) is 0. The van der Waals surface area contributed by atoms with E-state index in [1.54, 1.807) is 7.11 Å². The van der Waals surface area contributed by atoms with E-state index in [1.165, 1.54) is 0 Å². The zero-order chi connectivity index (χ0) is 14.1. The van der Waals surface area contributed by atoms with Gasteiger partial charge in [0.15, 0.2) is 11.5 Å². The monoisotopic (exact) mass is 265 g/mol. The van der Waals surface area contributed by atoms with Crippen molar-refractivity contribution in [2.45, 2.75) is 40.2 Å². The maximum absolute atomic E-state index is 5.98. The molecule has 0 heterocycles. The molecule has 0 bridgehead atoms. The summed E-state index contributed by atoms with van der Waals surface area (Å²) in [6, 6.07) is 6.06. The van der Waals surface area contributed by atoms with Gasteiger partial charge in [-0.2, -0.15) is 0 Å². The molecule has 0 aromatic heterocycles. The number of hydrogen-bond acceptors (Lipinski definition) is 3. The highest BCUT2D eigenvalue weighted by atomic mass is 16.5. The van der Waals surface area contributed by atoms with Crippen molar-refractivity contribution >= 4 is 0 Å². The largest absolute Gasteiger partial charge is 0.493 e. The molecule has 0 spiro atoms. The van der Waals surface area contributed by atoms with Gasteiger partial charge in [-0.05, 0) is 24.9 Å². The lowest BCUT2D eigenvalue weighted by Gasteiger charge is -2.17. The highest BCUT2D eigenvalue weighted by molar-refractivity contribution is 5.46. The molecular formula is C16H27NO2. The highest BCUT2D eigenvalue weighted by Gasteiger charge is 2.11. The molecule has 1 unspecified atom stereocenters. The van der Waals surface area contributed by atoms with Crippen LogP contribution < -0.4 is 14.8 Å². The third kappa shape index (κ3) is 5.11. The Balaban J connectivity index is 2.77. The number of ether oxygens (including phenoxy) is 2. The Bertz CT molecular complexity index is 366. The number of para-hydroxylation sites is 1. The average molecular weight is 265 g/mol. The number of methoxy groups -OCH3 is 1. The minimum absolute atomic E-state index is 0.557. The van der Waals surface area contributed by atoms with Crippen LogP contribution in [0.3, 0.4) is 0 Å². The smallest absolute Gasteiger partial charge is 0.165 e. The fraction of sp³-hybridized carbons (Fsp3) is 0.625. The lowest BCUT2D eigenvalue weighted by Crippen LogP contribution is -2.16. The molecule has 0 saturated carbocycles. The van der Waals surface area contributed by atoms with Crippen LogP contribution >= 0.6 is 0 Å². The van der Waals surface area contributed by atoms with Crippen molar-refractivity contribution in [1.82, 2.24) is 5.32 Å². The first kappa shape index (κ1) is 15.8. The summed E-state index contributed by atoms with van der Waals surface area (Å²) in [6.45, 7) is 9.11. The normalized spacial score (nSPS) is 12.2. The molecule has 0 aliphatic rings. The standard InChI is InChI=1S/C16H27NO2/c1-5-10-17-11-14-8-7-9-15(18-4)16(14)19-12-13(3)6-2/h7-9,13,17H,5-6,10-12H2,1-4H3. The van der Waals surface area contributed by atoms with Crippen molar-refractivity contribution in [3.05, 3.63) is 23.8 Å². The molecular weight excluding hydrogens is 238 g/mol. The first-order valence-corrected chi connectivity index (χ1v) is 7.22. The van der Waals surface area contributed by atoms with Crippen LogP contribution in [-0.4, -0.2) is 20.3 Å². The molecule has 3 nitrogen and oxygen atoms in total. The second-order valence-electron chi connectivity index (χ2n) is 4.95. The van der Waals surface area contributed by atoms with Crippen LogP contribution in [0.4, 0.5) is 0 Å². The van der Waals surface area contributed by atoms with E-state index in [-0.39, 0.29) is 0 Å². The summed E-state index contributed by atoms with van der Waals surface area (Å²) >= 11 is 0. The zero-order valence-corrected chi connectivity index (χ0v) is 12.7. The molecule has 0 amide bonds. The van der Waals surface area contributed by atoms with E-state index in [4.69, 9.17) is 9.47 Å². The Kier molecular flexibility index (Phi) is 7.34. The minimum atomic E-state index is 0.557. The summed E-state index contributed by atoms with van der Waals surface area (Å²) in [5, 5.41) is 3.41. The van der Waals surface area contributed by atoms with Gasteiger partial charge in [0.05, 0.1) is 13.7 Å². The second kappa shape index (κ2) is 8.81. The minimum Gasteiger partial charge on any atom is -0.493 e. The van der Waals surface area contributed by atoms with Crippen molar-refractivity contribution in [3.8, 4) is 11.5 Å². The third-order valence-electron chi connectivity index (χ3n) is 3.23. The topological polar surface area (TPSA) is 30.5 Å². The summed E-state index contributed by atoms with van der Waals surface area (Å²) in [5.41, 5.74) is 1.16. The van der Waals surface area contributed by atoms with E-state index < -0.39 is 0 Å². The first-order chi connectivity index (χ1) is 9.22. The summed E-state index contributed by atoms with van der Waals surface area (Å²) in [6.07, 6.45) is 2.26. The van der Waals surface area contributed by atoms with Crippen LogP contribution in [0.1, 0.15) is 39.2 Å². The number of nitrogens with one attached hydrogen (secondary N) is 1. The molecule has 3 heteroatoms. The molecule has 0 radical (unpaired) electrons. The van der Waals surface area contributed by atoms with Gasteiger partial charge in [0.25, 0.3) is 0 Å². The molecule has 1 atom stereocenters. The van der Waals surface area contributed by atoms with E-state index >= 15 is 0 Å². The van der Waals surface area contributed by atoms with Crippen molar-refractivity contribution in [1.29, 1.82) is 0 Å². The lowest BCUT2D eigenvalue weighted by atomic mass is 10.1. The summed E-state index contributed by atoms with van der Waals surface area (Å²) in [7, 11) is 1.69. The predicted octanol–water partition coefficient (Wildman–Crippen LogP) is 3.62. The SMILES string of the molecule is CCCNCc1cccc(OC)c1OCC(C)CC. The molecule has 1 rings (SSSR count). The molecule has 19 heavy (non-hydrogen) atoms. The van der Waals surface area contributed by atoms with E-state index in [0.29, 0.717) is 5.92 Å². The van der Waals surface area contributed by atoms with E-state index in [0.717, 1.165) is 49.6 Å². The number of hydrogen-bond donors (Lipinski definition) is 1. The van der Waals surface area contributed by atoms with Crippen LogP contribution in [-0.2, 0) is 6.54 Å². The van der Waals surface area contributed by atoms with Crippen LogP contribution in [0.15, 0.2) is 18.2 Å². The fourth-order valence-corrected chi connectivity index (χ4v) is 1.77. The highest BCUT2D eigenvalue weighted by Crippen LogP contribution is 2.31. The van der Waals surface area contributed by atoms with Crippen molar-refractivity contribution in [3.63, 3.8) is 0 Å². The van der Waals surface area contributed by atoms with Gasteiger partial charge in [0, 0.05) is 12.1 Å². The number of benzene rings is 1. The van der Waals surface area contributed by atoms with Gasteiger partial charge >= 0.3 is 0 Å². The molecule has 0 saturated heterocycles. The van der Waals surface area contributed by atoms with Gasteiger partial charge in [0.2, 0.25) is 0 Å². The molecule has 1 aromatic rings. The van der Waals surface area contributed by atoms with Gasteiger partial charge in [-0.3, -0.25) is 0 Å². The van der Waals surface area contributed by atoms with Gasteiger partial charge in [-0.15, -0.1) is 0 Å². The van der Waals surface area contributed by atoms with Gasteiger partial charge in [0.1, 0.15) is 0 Å². The summed E-state index contributed by atoms with van der Waals surface area (Å²) < 4.78 is 11.4. The fourth-order valence-electron chi connectivity index (χ4n) is 1.77. The van der Waals surface area contributed by atoms with E-state index in [9.17, 15) is 0 Å². The van der Waals surface area contributed by atoms with Crippen molar-refractivity contribution in [2.24, 2.45) is 5.92 Å². The lowest BCUT2D eigenvalue weighted by molar-refractivity contribution is 0.242. The number of rotatable bonds is 9. The van der Waals surface area contributed by atoms with Crippen molar-refractivity contribution in [2.75, 3.05) is 20.3 Å². The Labute approximate surface area is 117 Å². The van der Waals surface area contributed by atoms with Crippen LogP contribution in [0, 0.1) is 5.92 Å². The van der Waals surface area contributed by atoms with Gasteiger partial charge in [-0.1, -0.05) is 39.3 Å². The summed E-state index contributed by atoms with van der Waals surface area (Å²) in [5.74, 6) is 2.26. The Morgan fingerprint density at radius 2 is 2.05 bits per heavy atom. The van der Waals surface area contributed by atoms with Crippen LogP contribution in [0.5, 0.6) is 11.5 Å². The Morgan fingerprint density at radius 3 is 2.68 bits per heavy atom.